The lowest BCUT2D eigenvalue weighted by Crippen LogP contribution is -2.30. The SMILES string of the molecule is O=C1CCCC2=C1C(c1ccc(OCc3ccc(C(=O)O)cc3)c(Cl)c1)C1=C(CCCC1=O)O2. The van der Waals surface area contributed by atoms with E-state index in [2.05, 4.69) is 0 Å². The molecule has 0 atom stereocenters. The maximum Gasteiger partial charge on any atom is 0.335 e. The molecule has 1 aliphatic heterocycles. The van der Waals surface area contributed by atoms with Crippen molar-refractivity contribution >= 4 is 29.1 Å². The lowest BCUT2D eigenvalue weighted by Gasteiger charge is -2.36. The van der Waals surface area contributed by atoms with Gasteiger partial charge in [-0.05, 0) is 48.2 Å². The van der Waals surface area contributed by atoms with Crippen molar-refractivity contribution < 1.29 is 29.0 Å². The van der Waals surface area contributed by atoms with Crippen LogP contribution >= 0.6 is 11.6 Å². The molecule has 2 aliphatic carbocycles. The fraction of sp³-hybridized carbons (Fsp3) is 0.296. The van der Waals surface area contributed by atoms with Gasteiger partial charge in [-0.3, -0.25) is 9.59 Å². The zero-order chi connectivity index (χ0) is 23.8. The summed E-state index contributed by atoms with van der Waals surface area (Å²) in [5, 5.41) is 9.40. The zero-order valence-corrected chi connectivity index (χ0v) is 19.2. The third-order valence-corrected chi connectivity index (χ3v) is 6.82. The van der Waals surface area contributed by atoms with Gasteiger partial charge in [-0.15, -0.1) is 0 Å². The predicted octanol–water partition coefficient (Wildman–Crippen LogP) is 5.75. The standard InChI is InChI=1S/C27H23ClO6/c28-18-13-17(11-12-21(18)33-14-15-7-9-16(10-8-15)27(31)32)24-25-19(29)3-1-5-22(25)34-23-6-2-4-20(30)26(23)24/h7-13,24H,1-6,14H2,(H,31,32). The number of hydrogen-bond acceptors (Lipinski definition) is 5. The highest BCUT2D eigenvalue weighted by molar-refractivity contribution is 6.32. The van der Waals surface area contributed by atoms with E-state index in [1.54, 1.807) is 24.3 Å². The predicted molar refractivity (Wildman–Crippen MR) is 125 cm³/mol. The van der Waals surface area contributed by atoms with E-state index in [4.69, 9.17) is 26.2 Å². The summed E-state index contributed by atoms with van der Waals surface area (Å²) in [5.41, 5.74) is 2.96. The Morgan fingerprint density at radius 3 is 2.12 bits per heavy atom. The van der Waals surface area contributed by atoms with Gasteiger partial charge in [-0.2, -0.15) is 0 Å². The van der Waals surface area contributed by atoms with Gasteiger partial charge in [-0.25, -0.2) is 4.79 Å². The summed E-state index contributed by atoms with van der Waals surface area (Å²) in [6, 6.07) is 11.8. The molecule has 3 aliphatic rings. The zero-order valence-electron chi connectivity index (χ0n) is 18.4. The summed E-state index contributed by atoms with van der Waals surface area (Å²) in [5.74, 6) is 0.452. The van der Waals surface area contributed by atoms with Gasteiger partial charge >= 0.3 is 5.97 Å². The molecule has 2 aromatic carbocycles. The van der Waals surface area contributed by atoms with E-state index in [9.17, 15) is 14.4 Å². The normalized spacial score (nSPS) is 18.4. The number of carbonyl (C=O) groups is 3. The number of hydrogen-bond donors (Lipinski definition) is 1. The number of halogens is 1. The van der Waals surface area contributed by atoms with E-state index >= 15 is 0 Å². The fourth-order valence-corrected chi connectivity index (χ4v) is 5.11. The molecular weight excluding hydrogens is 456 g/mol. The van der Waals surface area contributed by atoms with Crippen LogP contribution in [0.1, 0.15) is 65.9 Å². The van der Waals surface area contributed by atoms with Gasteiger partial charge in [0, 0.05) is 42.7 Å². The smallest absolute Gasteiger partial charge is 0.335 e. The second-order valence-corrected chi connectivity index (χ2v) is 9.15. The summed E-state index contributed by atoms with van der Waals surface area (Å²) in [4.78, 5) is 36.8. The number of ether oxygens (including phenoxy) is 2. The Balaban J connectivity index is 1.43. The van der Waals surface area contributed by atoms with E-state index in [1.165, 1.54) is 12.1 Å². The van der Waals surface area contributed by atoms with E-state index in [0.29, 0.717) is 59.1 Å². The fourth-order valence-electron chi connectivity index (χ4n) is 4.87. The molecule has 2 aromatic rings. The quantitative estimate of drug-likeness (QED) is 0.588. The van der Waals surface area contributed by atoms with Crippen molar-refractivity contribution in [3.05, 3.63) is 86.8 Å². The van der Waals surface area contributed by atoms with Crippen LogP contribution in [0.2, 0.25) is 5.02 Å². The molecular formula is C27H23ClO6. The molecule has 0 radical (unpaired) electrons. The molecule has 7 heteroatoms. The Bertz CT molecular complexity index is 1210. The molecule has 0 aromatic heterocycles. The number of carbonyl (C=O) groups excluding carboxylic acids is 2. The number of allylic oxidation sites excluding steroid dienone is 4. The topological polar surface area (TPSA) is 89.9 Å². The Hall–Kier alpha value is -3.38. The molecule has 1 heterocycles. The molecule has 0 saturated carbocycles. The number of rotatable bonds is 5. The van der Waals surface area contributed by atoms with Crippen LogP contribution in [0.5, 0.6) is 5.75 Å². The van der Waals surface area contributed by atoms with Crippen LogP contribution in [0.25, 0.3) is 0 Å². The minimum Gasteiger partial charge on any atom is -0.487 e. The van der Waals surface area contributed by atoms with Crippen LogP contribution in [0, 0.1) is 0 Å². The van der Waals surface area contributed by atoms with Gasteiger partial charge in [-0.1, -0.05) is 29.8 Å². The van der Waals surface area contributed by atoms with Crippen LogP contribution in [-0.2, 0) is 20.9 Å². The number of carboxylic acid groups (broad SMARTS) is 1. The van der Waals surface area contributed by atoms with E-state index < -0.39 is 11.9 Å². The van der Waals surface area contributed by atoms with Gasteiger partial charge in [0.25, 0.3) is 0 Å². The lowest BCUT2D eigenvalue weighted by molar-refractivity contribution is -0.117. The Kier molecular flexibility index (Phi) is 6.00. The van der Waals surface area contributed by atoms with E-state index in [1.807, 2.05) is 6.07 Å². The van der Waals surface area contributed by atoms with Crippen LogP contribution in [0.4, 0.5) is 0 Å². The average Bonchev–Trinajstić information content (AvgIpc) is 2.82. The summed E-state index contributed by atoms with van der Waals surface area (Å²) in [6.07, 6.45) is 3.79. The molecule has 5 rings (SSSR count). The summed E-state index contributed by atoms with van der Waals surface area (Å²) < 4.78 is 11.9. The van der Waals surface area contributed by atoms with Crippen LogP contribution in [0.3, 0.4) is 0 Å². The van der Waals surface area contributed by atoms with Crippen molar-refractivity contribution in [1.82, 2.24) is 0 Å². The van der Waals surface area contributed by atoms with Crippen molar-refractivity contribution in [3.8, 4) is 5.75 Å². The second-order valence-electron chi connectivity index (χ2n) is 8.74. The van der Waals surface area contributed by atoms with Crippen LogP contribution < -0.4 is 4.74 Å². The molecule has 34 heavy (non-hydrogen) atoms. The molecule has 0 amide bonds. The molecule has 0 spiro atoms. The van der Waals surface area contributed by atoms with Crippen molar-refractivity contribution in [2.75, 3.05) is 0 Å². The first-order valence-corrected chi connectivity index (χ1v) is 11.7. The minimum absolute atomic E-state index is 0.0254. The number of ketones is 2. The van der Waals surface area contributed by atoms with Crippen molar-refractivity contribution in [1.29, 1.82) is 0 Å². The largest absolute Gasteiger partial charge is 0.487 e. The highest BCUT2D eigenvalue weighted by Crippen LogP contribution is 2.48. The van der Waals surface area contributed by atoms with Crippen molar-refractivity contribution in [3.63, 3.8) is 0 Å². The molecule has 6 nitrogen and oxygen atoms in total. The second kappa shape index (κ2) is 9.11. The first-order valence-electron chi connectivity index (χ1n) is 11.4. The number of Topliss-reactive ketones (excluding diaryl/α,β-unsaturated/α-hetero) is 2. The highest BCUT2D eigenvalue weighted by atomic mass is 35.5. The third kappa shape index (κ3) is 4.14. The van der Waals surface area contributed by atoms with Gasteiger partial charge in [0.1, 0.15) is 23.9 Å². The summed E-state index contributed by atoms with van der Waals surface area (Å²) >= 11 is 6.57. The maximum absolute atomic E-state index is 12.9. The Labute approximate surface area is 201 Å². The molecule has 0 fully saturated rings. The monoisotopic (exact) mass is 478 g/mol. The first kappa shape index (κ1) is 22.4. The summed E-state index contributed by atoms with van der Waals surface area (Å²) in [7, 11) is 0. The Morgan fingerprint density at radius 1 is 0.941 bits per heavy atom. The number of benzene rings is 2. The van der Waals surface area contributed by atoms with Crippen LogP contribution in [-0.4, -0.2) is 22.6 Å². The molecule has 1 N–H and O–H groups in total. The van der Waals surface area contributed by atoms with Gasteiger partial charge < -0.3 is 14.6 Å². The highest BCUT2D eigenvalue weighted by Gasteiger charge is 2.41. The van der Waals surface area contributed by atoms with Crippen molar-refractivity contribution in [2.45, 2.75) is 51.0 Å². The molecule has 0 unspecified atom stereocenters. The minimum atomic E-state index is -0.983. The van der Waals surface area contributed by atoms with Gasteiger partial charge in [0.15, 0.2) is 11.6 Å². The molecule has 0 bridgehead atoms. The van der Waals surface area contributed by atoms with Gasteiger partial charge in [0.05, 0.1) is 10.6 Å². The van der Waals surface area contributed by atoms with Crippen molar-refractivity contribution in [2.24, 2.45) is 0 Å². The van der Waals surface area contributed by atoms with E-state index in [0.717, 1.165) is 24.0 Å². The van der Waals surface area contributed by atoms with Gasteiger partial charge in [0.2, 0.25) is 0 Å². The third-order valence-electron chi connectivity index (χ3n) is 6.53. The van der Waals surface area contributed by atoms with Crippen LogP contribution in [0.15, 0.2) is 65.1 Å². The average molecular weight is 479 g/mol. The molecule has 0 saturated heterocycles. The van der Waals surface area contributed by atoms with E-state index in [-0.39, 0.29) is 23.7 Å². The maximum atomic E-state index is 12.9. The number of carboxylic acids is 1. The lowest BCUT2D eigenvalue weighted by atomic mass is 9.73. The first-order chi connectivity index (χ1) is 16.4. The number of aromatic carboxylic acids is 1. The molecule has 174 valence electrons. The summed E-state index contributed by atoms with van der Waals surface area (Å²) in [6.45, 7) is 0.220. The Morgan fingerprint density at radius 2 is 1.56 bits per heavy atom.